The Kier molecular flexibility index (Phi) is 3.23. The van der Waals surface area contributed by atoms with Gasteiger partial charge < -0.3 is 5.11 Å². The molecule has 0 aliphatic heterocycles. The molecule has 1 aliphatic carbocycles. The summed E-state index contributed by atoms with van der Waals surface area (Å²) in [7, 11) is 0. The van der Waals surface area contributed by atoms with Crippen molar-refractivity contribution in [1.82, 2.24) is 0 Å². The van der Waals surface area contributed by atoms with E-state index in [1.807, 2.05) is 0 Å². The first-order valence-corrected chi connectivity index (χ1v) is 4.44. The van der Waals surface area contributed by atoms with Crippen LogP contribution in [0.1, 0.15) is 19.3 Å². The molecule has 0 aromatic heterocycles. The summed E-state index contributed by atoms with van der Waals surface area (Å²) in [6.45, 7) is 0. The van der Waals surface area contributed by atoms with Gasteiger partial charge in [-0.1, -0.05) is 0 Å². The maximum Gasteiger partial charge on any atom is 0.392 e. The Morgan fingerprint density at radius 2 is 1.27 bits per heavy atom. The van der Waals surface area contributed by atoms with Crippen LogP contribution in [0.15, 0.2) is 0 Å². The predicted molar refractivity (Wildman–Crippen MR) is 38.9 cm³/mol. The first-order valence-electron chi connectivity index (χ1n) is 4.44. The van der Waals surface area contributed by atoms with Crippen molar-refractivity contribution in [2.75, 3.05) is 0 Å². The standard InChI is InChI=1S/C8H10F6O/c9-7(10,11)5-2-1-4(15)3-6(5)8(12,13)14/h4-6,15H,1-3H2. The number of halogens is 6. The van der Waals surface area contributed by atoms with Crippen molar-refractivity contribution in [2.24, 2.45) is 11.8 Å². The van der Waals surface area contributed by atoms with Gasteiger partial charge in [0.2, 0.25) is 0 Å². The molecule has 7 heteroatoms. The van der Waals surface area contributed by atoms with Crippen molar-refractivity contribution in [1.29, 1.82) is 0 Å². The zero-order valence-corrected chi connectivity index (χ0v) is 7.57. The van der Waals surface area contributed by atoms with Gasteiger partial charge in [-0.3, -0.25) is 0 Å². The number of hydrogen-bond acceptors (Lipinski definition) is 1. The van der Waals surface area contributed by atoms with Gasteiger partial charge in [-0.2, -0.15) is 26.3 Å². The highest BCUT2D eigenvalue weighted by atomic mass is 19.4. The molecule has 3 atom stereocenters. The van der Waals surface area contributed by atoms with Crippen LogP contribution >= 0.6 is 0 Å². The van der Waals surface area contributed by atoms with Crippen molar-refractivity contribution < 1.29 is 31.4 Å². The number of rotatable bonds is 0. The average molecular weight is 236 g/mol. The molecule has 0 saturated heterocycles. The second-order valence-corrected chi connectivity index (χ2v) is 3.76. The highest BCUT2D eigenvalue weighted by molar-refractivity contribution is 4.87. The van der Waals surface area contributed by atoms with Gasteiger partial charge in [-0.05, 0) is 19.3 Å². The molecule has 0 bridgehead atoms. The summed E-state index contributed by atoms with van der Waals surface area (Å²) < 4.78 is 73.7. The van der Waals surface area contributed by atoms with Crippen molar-refractivity contribution in [2.45, 2.75) is 37.7 Å². The molecule has 0 aromatic rings. The SMILES string of the molecule is OC1CCC(C(F)(F)F)C(C(F)(F)F)C1. The third kappa shape index (κ3) is 2.99. The molecule has 1 saturated carbocycles. The van der Waals surface area contributed by atoms with E-state index in [1.165, 1.54) is 0 Å². The molecule has 15 heavy (non-hydrogen) atoms. The Hall–Kier alpha value is -0.460. The summed E-state index contributed by atoms with van der Waals surface area (Å²) in [6, 6.07) is 0. The Morgan fingerprint density at radius 3 is 1.67 bits per heavy atom. The van der Waals surface area contributed by atoms with E-state index in [2.05, 4.69) is 0 Å². The molecule has 0 amide bonds. The number of aliphatic hydroxyl groups excluding tert-OH is 1. The van der Waals surface area contributed by atoms with Gasteiger partial charge in [0.15, 0.2) is 0 Å². The summed E-state index contributed by atoms with van der Waals surface area (Å²) in [4.78, 5) is 0. The molecule has 90 valence electrons. The van der Waals surface area contributed by atoms with Crippen LogP contribution in [-0.2, 0) is 0 Å². The summed E-state index contributed by atoms with van der Waals surface area (Å²) in [6.07, 6.45) is -12.8. The van der Waals surface area contributed by atoms with Crippen LogP contribution in [0.3, 0.4) is 0 Å². The van der Waals surface area contributed by atoms with E-state index in [0.29, 0.717) is 0 Å². The van der Waals surface area contributed by atoms with E-state index in [9.17, 15) is 26.3 Å². The van der Waals surface area contributed by atoms with Gasteiger partial charge in [-0.25, -0.2) is 0 Å². The van der Waals surface area contributed by atoms with Gasteiger partial charge >= 0.3 is 12.4 Å². The minimum atomic E-state index is -4.90. The molecule has 0 aromatic carbocycles. The lowest BCUT2D eigenvalue weighted by molar-refractivity contribution is -0.268. The number of alkyl halides is 6. The summed E-state index contributed by atoms with van der Waals surface area (Å²) >= 11 is 0. The van der Waals surface area contributed by atoms with Crippen LogP contribution in [0.25, 0.3) is 0 Å². The van der Waals surface area contributed by atoms with Gasteiger partial charge in [0.1, 0.15) is 0 Å². The van der Waals surface area contributed by atoms with E-state index in [-0.39, 0.29) is 6.42 Å². The molecule has 1 fully saturated rings. The first kappa shape index (κ1) is 12.6. The zero-order valence-electron chi connectivity index (χ0n) is 7.57. The highest BCUT2D eigenvalue weighted by Crippen LogP contribution is 2.48. The Morgan fingerprint density at radius 1 is 0.800 bits per heavy atom. The van der Waals surface area contributed by atoms with Crippen LogP contribution in [-0.4, -0.2) is 23.6 Å². The van der Waals surface area contributed by atoms with Crippen molar-refractivity contribution in [3.8, 4) is 0 Å². The zero-order chi connectivity index (χ0) is 11.9. The second kappa shape index (κ2) is 3.84. The average Bonchev–Trinajstić information content (AvgIpc) is 2.00. The van der Waals surface area contributed by atoms with E-state index in [0.717, 1.165) is 0 Å². The van der Waals surface area contributed by atoms with Crippen LogP contribution < -0.4 is 0 Å². The minimum Gasteiger partial charge on any atom is -0.393 e. The smallest absolute Gasteiger partial charge is 0.392 e. The lowest BCUT2D eigenvalue weighted by Gasteiger charge is -2.36. The molecule has 0 heterocycles. The molecule has 1 N–H and O–H groups in total. The summed E-state index contributed by atoms with van der Waals surface area (Å²) in [5.41, 5.74) is 0. The maximum absolute atomic E-state index is 12.3. The minimum absolute atomic E-state index is 0.225. The monoisotopic (exact) mass is 236 g/mol. The maximum atomic E-state index is 12.3. The van der Waals surface area contributed by atoms with E-state index >= 15 is 0 Å². The van der Waals surface area contributed by atoms with Crippen molar-refractivity contribution in [3.05, 3.63) is 0 Å². The topological polar surface area (TPSA) is 20.2 Å². The molecule has 1 aliphatic rings. The van der Waals surface area contributed by atoms with E-state index < -0.39 is 43.1 Å². The Bertz CT molecular complexity index is 220. The van der Waals surface area contributed by atoms with Crippen LogP contribution in [0.2, 0.25) is 0 Å². The number of aliphatic hydroxyl groups is 1. The predicted octanol–water partition coefficient (Wildman–Crippen LogP) is 2.89. The molecule has 0 spiro atoms. The molecule has 3 unspecified atom stereocenters. The quantitative estimate of drug-likeness (QED) is 0.641. The molecule has 0 radical (unpaired) electrons. The molecule has 1 nitrogen and oxygen atoms in total. The van der Waals surface area contributed by atoms with E-state index in [1.54, 1.807) is 0 Å². The summed E-state index contributed by atoms with van der Waals surface area (Å²) in [5, 5.41) is 8.96. The lowest BCUT2D eigenvalue weighted by Crippen LogP contribution is -2.44. The Balaban J connectivity index is 2.85. The first-order chi connectivity index (χ1) is 6.62. The highest BCUT2D eigenvalue weighted by Gasteiger charge is 2.56. The van der Waals surface area contributed by atoms with Crippen molar-refractivity contribution in [3.63, 3.8) is 0 Å². The van der Waals surface area contributed by atoms with Crippen LogP contribution in [0, 0.1) is 11.8 Å². The van der Waals surface area contributed by atoms with Crippen LogP contribution in [0.5, 0.6) is 0 Å². The fraction of sp³-hybridized carbons (Fsp3) is 1.00. The normalized spacial score (nSPS) is 34.2. The van der Waals surface area contributed by atoms with Gasteiger partial charge in [0, 0.05) is 0 Å². The van der Waals surface area contributed by atoms with E-state index in [4.69, 9.17) is 5.11 Å². The van der Waals surface area contributed by atoms with Gasteiger partial charge in [0.05, 0.1) is 17.9 Å². The third-order valence-electron chi connectivity index (χ3n) is 2.66. The summed E-state index contributed by atoms with van der Waals surface area (Å²) in [5.74, 6) is -4.85. The Labute approximate surface area is 82.1 Å². The molecular weight excluding hydrogens is 226 g/mol. The molecule has 1 rings (SSSR count). The fourth-order valence-corrected chi connectivity index (χ4v) is 1.90. The van der Waals surface area contributed by atoms with Crippen LogP contribution in [0.4, 0.5) is 26.3 Å². The number of hydrogen-bond donors (Lipinski definition) is 1. The fourth-order valence-electron chi connectivity index (χ4n) is 1.90. The van der Waals surface area contributed by atoms with Gasteiger partial charge in [-0.15, -0.1) is 0 Å². The third-order valence-corrected chi connectivity index (χ3v) is 2.66. The second-order valence-electron chi connectivity index (χ2n) is 3.76. The lowest BCUT2D eigenvalue weighted by atomic mass is 9.77. The van der Waals surface area contributed by atoms with Crippen molar-refractivity contribution >= 4 is 0 Å². The molecular formula is C8H10F6O. The largest absolute Gasteiger partial charge is 0.393 e. The van der Waals surface area contributed by atoms with Gasteiger partial charge in [0.25, 0.3) is 0 Å².